The number of nitrogens with zero attached hydrogens (tertiary/aromatic N) is 1. The highest BCUT2D eigenvalue weighted by molar-refractivity contribution is 5.62. The lowest BCUT2D eigenvalue weighted by Crippen LogP contribution is -2.29. The third-order valence-corrected chi connectivity index (χ3v) is 6.49. The average Bonchev–Trinajstić information content (AvgIpc) is 2.90. The van der Waals surface area contributed by atoms with E-state index in [1.54, 1.807) is 0 Å². The van der Waals surface area contributed by atoms with Gasteiger partial charge in [-0.3, -0.25) is 0 Å². The van der Waals surface area contributed by atoms with Crippen molar-refractivity contribution in [2.24, 2.45) is 0 Å². The van der Waals surface area contributed by atoms with E-state index in [0.29, 0.717) is 5.92 Å². The summed E-state index contributed by atoms with van der Waals surface area (Å²) in [6, 6.07) is 8.89. The van der Waals surface area contributed by atoms with E-state index in [9.17, 15) is 0 Å². The van der Waals surface area contributed by atoms with E-state index in [0.717, 1.165) is 32.5 Å². The summed E-state index contributed by atoms with van der Waals surface area (Å²) in [5.41, 5.74) is 8.73. The zero-order valence-corrected chi connectivity index (χ0v) is 16.0. The molecule has 3 heteroatoms. The van der Waals surface area contributed by atoms with Gasteiger partial charge in [-0.25, -0.2) is 0 Å². The van der Waals surface area contributed by atoms with Crippen LogP contribution in [0.5, 0.6) is 0 Å². The van der Waals surface area contributed by atoms with Gasteiger partial charge in [0.15, 0.2) is 0 Å². The summed E-state index contributed by atoms with van der Waals surface area (Å²) in [5, 5.41) is 3.54. The Hall–Kier alpha value is -2.26. The highest BCUT2D eigenvalue weighted by Crippen LogP contribution is 2.33. The molecule has 27 heavy (non-hydrogen) atoms. The van der Waals surface area contributed by atoms with Crippen LogP contribution in [0.15, 0.2) is 48.3 Å². The molecule has 0 spiro atoms. The van der Waals surface area contributed by atoms with Crippen molar-refractivity contribution >= 4 is 6.08 Å². The minimum Gasteiger partial charge on any atom is -0.367 e. The second kappa shape index (κ2) is 7.40. The lowest BCUT2D eigenvalue weighted by atomic mass is 9.90. The first-order valence-corrected chi connectivity index (χ1v) is 10.5. The Morgan fingerprint density at radius 2 is 1.93 bits per heavy atom. The van der Waals surface area contributed by atoms with Crippen molar-refractivity contribution in [2.45, 2.75) is 44.6 Å². The van der Waals surface area contributed by atoms with Crippen LogP contribution in [0, 0.1) is 0 Å². The molecule has 1 fully saturated rings. The molecule has 3 nitrogen and oxygen atoms in total. The second-order valence-corrected chi connectivity index (χ2v) is 8.12. The fourth-order valence-electron chi connectivity index (χ4n) is 4.92. The van der Waals surface area contributed by atoms with Crippen LogP contribution >= 0.6 is 0 Å². The van der Waals surface area contributed by atoms with Gasteiger partial charge >= 0.3 is 0 Å². The van der Waals surface area contributed by atoms with Gasteiger partial charge in [0.2, 0.25) is 0 Å². The number of aromatic amines is 1. The van der Waals surface area contributed by atoms with Gasteiger partial charge in [-0.1, -0.05) is 36.4 Å². The molecule has 140 valence electrons. The normalized spacial score (nSPS) is 22.4. The van der Waals surface area contributed by atoms with Gasteiger partial charge in [-0.15, -0.1) is 0 Å². The van der Waals surface area contributed by atoms with Crippen LogP contribution in [0.3, 0.4) is 0 Å². The van der Waals surface area contributed by atoms with E-state index in [4.69, 9.17) is 0 Å². The number of H-pyrrole nitrogens is 1. The lowest BCUT2D eigenvalue weighted by molar-refractivity contribution is 0.331. The Morgan fingerprint density at radius 1 is 1.00 bits per heavy atom. The van der Waals surface area contributed by atoms with Crippen molar-refractivity contribution in [3.05, 3.63) is 76.3 Å². The molecule has 1 unspecified atom stereocenters. The minimum absolute atomic E-state index is 0.688. The smallest absolute Gasteiger partial charge is 0.0432 e. The largest absolute Gasteiger partial charge is 0.367 e. The van der Waals surface area contributed by atoms with Crippen LogP contribution in [-0.2, 0) is 19.4 Å². The highest BCUT2D eigenvalue weighted by atomic mass is 15.1. The van der Waals surface area contributed by atoms with Crippen LogP contribution in [-0.4, -0.2) is 29.5 Å². The molecule has 1 atom stereocenters. The highest BCUT2D eigenvalue weighted by Gasteiger charge is 2.22. The summed E-state index contributed by atoms with van der Waals surface area (Å²) >= 11 is 0. The van der Waals surface area contributed by atoms with Gasteiger partial charge in [0.05, 0.1) is 0 Å². The van der Waals surface area contributed by atoms with E-state index < -0.39 is 0 Å². The molecule has 2 N–H and O–H groups in total. The Labute approximate surface area is 162 Å². The van der Waals surface area contributed by atoms with E-state index >= 15 is 0 Å². The van der Waals surface area contributed by atoms with E-state index in [-0.39, 0.29) is 0 Å². The molecule has 2 aromatic rings. The topological polar surface area (TPSA) is 31.1 Å². The number of fused-ring (bicyclic) bond motifs is 2. The van der Waals surface area contributed by atoms with Crippen molar-refractivity contribution in [1.82, 2.24) is 15.2 Å². The summed E-state index contributed by atoms with van der Waals surface area (Å²) < 4.78 is 0. The zero-order valence-electron chi connectivity index (χ0n) is 16.0. The van der Waals surface area contributed by atoms with Crippen LogP contribution in [0.4, 0.5) is 0 Å². The average molecular weight is 360 g/mol. The number of hydrogen-bond acceptors (Lipinski definition) is 2. The summed E-state index contributed by atoms with van der Waals surface area (Å²) in [7, 11) is 0. The van der Waals surface area contributed by atoms with Crippen molar-refractivity contribution in [3.8, 4) is 0 Å². The summed E-state index contributed by atoms with van der Waals surface area (Å²) in [6.45, 7) is 4.45. The van der Waals surface area contributed by atoms with Crippen molar-refractivity contribution < 1.29 is 0 Å². The van der Waals surface area contributed by atoms with E-state index in [2.05, 4.69) is 63.9 Å². The molecule has 3 aliphatic rings. The molecule has 5 rings (SSSR count). The van der Waals surface area contributed by atoms with Crippen LogP contribution in [0.25, 0.3) is 6.08 Å². The van der Waals surface area contributed by atoms with E-state index in [1.165, 1.54) is 59.5 Å². The first-order valence-electron chi connectivity index (χ1n) is 10.5. The third kappa shape index (κ3) is 3.37. The Kier molecular flexibility index (Phi) is 4.62. The minimum atomic E-state index is 0.688. The Bertz CT molecular complexity index is 866. The lowest BCUT2D eigenvalue weighted by Gasteiger charge is -2.31. The quantitative estimate of drug-likeness (QED) is 0.833. The fraction of sp³-hybridized carbons (Fsp3) is 0.417. The van der Waals surface area contributed by atoms with Gasteiger partial charge in [0, 0.05) is 37.1 Å². The van der Waals surface area contributed by atoms with Crippen molar-refractivity contribution in [3.63, 3.8) is 0 Å². The number of nitrogens with one attached hydrogen (secondary N) is 2. The molecule has 1 aliphatic carbocycles. The molecular formula is C24H29N3. The summed E-state index contributed by atoms with van der Waals surface area (Å²) in [5.74, 6) is 0.688. The molecule has 2 aliphatic heterocycles. The molecule has 0 amide bonds. The van der Waals surface area contributed by atoms with Crippen LogP contribution < -0.4 is 5.32 Å². The standard InChI is InChI=1S/C24H29N3/c1-2-5-20-17-27(15-12-18(20)4-1)21-7-9-22-23(16-26-24(22)10-8-21)19-6-3-13-25-14-11-19/h1-2,4-5,7-9,16,19,25-26H,3,6,10-15,17H2. The Balaban J connectivity index is 1.37. The summed E-state index contributed by atoms with van der Waals surface area (Å²) in [6.07, 6.45) is 15.4. The second-order valence-electron chi connectivity index (χ2n) is 8.12. The first-order chi connectivity index (χ1) is 13.4. The molecule has 1 saturated heterocycles. The predicted molar refractivity (Wildman–Crippen MR) is 112 cm³/mol. The molecule has 1 aromatic heterocycles. The number of allylic oxidation sites excluding steroid dienone is 2. The van der Waals surface area contributed by atoms with E-state index in [1.807, 2.05) is 0 Å². The Morgan fingerprint density at radius 3 is 2.89 bits per heavy atom. The molecular weight excluding hydrogens is 330 g/mol. The maximum atomic E-state index is 3.59. The fourth-order valence-corrected chi connectivity index (χ4v) is 4.92. The van der Waals surface area contributed by atoms with Crippen LogP contribution in [0.2, 0.25) is 0 Å². The maximum Gasteiger partial charge on any atom is 0.0432 e. The molecule has 0 radical (unpaired) electrons. The number of rotatable bonds is 2. The molecule has 3 heterocycles. The van der Waals surface area contributed by atoms with Gasteiger partial charge in [-0.05, 0) is 73.0 Å². The number of hydrogen-bond donors (Lipinski definition) is 2. The predicted octanol–water partition coefficient (Wildman–Crippen LogP) is 4.38. The van der Waals surface area contributed by atoms with Gasteiger partial charge in [0.25, 0.3) is 0 Å². The number of benzene rings is 1. The van der Waals surface area contributed by atoms with Crippen molar-refractivity contribution in [1.29, 1.82) is 0 Å². The molecule has 0 saturated carbocycles. The van der Waals surface area contributed by atoms with Crippen LogP contribution in [0.1, 0.15) is 53.1 Å². The third-order valence-electron chi connectivity index (χ3n) is 6.49. The first kappa shape index (κ1) is 16.9. The van der Waals surface area contributed by atoms with Gasteiger partial charge in [-0.2, -0.15) is 0 Å². The maximum absolute atomic E-state index is 3.59. The number of aromatic nitrogens is 1. The molecule has 0 bridgehead atoms. The monoisotopic (exact) mass is 359 g/mol. The van der Waals surface area contributed by atoms with Gasteiger partial charge in [0.1, 0.15) is 0 Å². The summed E-state index contributed by atoms with van der Waals surface area (Å²) in [4.78, 5) is 6.13. The van der Waals surface area contributed by atoms with Crippen molar-refractivity contribution in [2.75, 3.05) is 19.6 Å². The van der Waals surface area contributed by atoms with Gasteiger partial charge < -0.3 is 15.2 Å². The molecule has 1 aromatic carbocycles. The zero-order chi connectivity index (χ0) is 18.1. The SMILES string of the molecule is C1=Cc2c(C3CCCNCC3)c[nH]c2CC=C1N1CCc2ccccc2C1.